The Morgan fingerprint density at radius 1 is 1.20 bits per heavy atom. The summed E-state index contributed by atoms with van der Waals surface area (Å²) in [7, 11) is 0. The molecule has 2 N–H and O–H groups in total. The first-order valence-electron chi connectivity index (χ1n) is 5.67. The summed E-state index contributed by atoms with van der Waals surface area (Å²) >= 11 is 0. The van der Waals surface area contributed by atoms with E-state index in [0.717, 1.165) is 4.57 Å². The van der Waals surface area contributed by atoms with Crippen molar-refractivity contribution in [3.8, 4) is 5.75 Å². The van der Waals surface area contributed by atoms with Gasteiger partial charge >= 0.3 is 6.18 Å². The molecule has 0 saturated carbocycles. The molecule has 0 spiro atoms. The van der Waals surface area contributed by atoms with E-state index in [4.69, 9.17) is 5.11 Å². The normalized spacial score (nSPS) is 11.3. The number of nitrogens with one attached hydrogen (secondary N) is 1. The fourth-order valence-corrected chi connectivity index (χ4v) is 1.69. The SMILES string of the molecule is O=C(Nc1ccc(O)cc1)c1cccn1CC(F)(F)F. The third-order valence-electron chi connectivity index (χ3n) is 2.54. The first kappa shape index (κ1) is 14.0. The van der Waals surface area contributed by atoms with Gasteiger partial charge < -0.3 is 15.0 Å². The Kier molecular flexibility index (Phi) is 3.69. The van der Waals surface area contributed by atoms with Crippen LogP contribution in [0.2, 0.25) is 0 Å². The average molecular weight is 284 g/mol. The largest absolute Gasteiger partial charge is 0.508 e. The zero-order valence-corrected chi connectivity index (χ0v) is 10.2. The van der Waals surface area contributed by atoms with Gasteiger partial charge in [-0.05, 0) is 36.4 Å². The number of phenols is 1. The maximum atomic E-state index is 12.4. The first-order chi connectivity index (χ1) is 9.35. The zero-order valence-electron chi connectivity index (χ0n) is 10.2. The van der Waals surface area contributed by atoms with Crippen LogP contribution in [0.5, 0.6) is 5.75 Å². The van der Waals surface area contributed by atoms with E-state index in [1.807, 2.05) is 0 Å². The highest BCUT2D eigenvalue weighted by atomic mass is 19.4. The standard InChI is InChI=1S/C13H11F3N2O2/c14-13(15,16)8-18-7-1-2-11(18)12(20)17-9-3-5-10(19)6-4-9/h1-7,19H,8H2,(H,17,20). The predicted octanol–water partition coefficient (Wildman–Crippen LogP) is 3.01. The highest BCUT2D eigenvalue weighted by Gasteiger charge is 2.29. The summed E-state index contributed by atoms with van der Waals surface area (Å²) in [5.41, 5.74) is 0.294. The van der Waals surface area contributed by atoms with Crippen molar-refractivity contribution in [3.63, 3.8) is 0 Å². The van der Waals surface area contributed by atoms with Gasteiger partial charge in [0, 0.05) is 11.9 Å². The number of halogens is 3. The molecule has 1 heterocycles. The second-order valence-electron chi connectivity index (χ2n) is 4.14. The Hall–Kier alpha value is -2.44. The molecule has 7 heteroatoms. The Labute approximate surface area is 112 Å². The quantitative estimate of drug-likeness (QED) is 0.851. The van der Waals surface area contributed by atoms with Crippen LogP contribution in [0.25, 0.3) is 0 Å². The molecule has 106 valence electrons. The summed E-state index contributed by atoms with van der Waals surface area (Å²) in [6, 6.07) is 8.31. The van der Waals surface area contributed by atoms with E-state index in [9.17, 15) is 18.0 Å². The number of aromatic hydroxyl groups is 1. The number of benzene rings is 1. The van der Waals surface area contributed by atoms with Gasteiger partial charge in [-0.15, -0.1) is 0 Å². The number of nitrogens with zero attached hydrogens (tertiary/aromatic N) is 1. The second kappa shape index (κ2) is 5.28. The number of alkyl halides is 3. The maximum absolute atomic E-state index is 12.4. The molecule has 0 atom stereocenters. The lowest BCUT2D eigenvalue weighted by molar-refractivity contribution is -0.140. The van der Waals surface area contributed by atoms with E-state index in [-0.39, 0.29) is 11.4 Å². The molecule has 0 radical (unpaired) electrons. The molecule has 1 amide bonds. The molecule has 0 bridgehead atoms. The molecule has 0 aliphatic rings. The van der Waals surface area contributed by atoms with Gasteiger partial charge in [0.05, 0.1) is 0 Å². The molecule has 0 unspecified atom stereocenters. The summed E-state index contributed by atoms with van der Waals surface area (Å²) in [6.07, 6.45) is -3.20. The molecular formula is C13H11F3N2O2. The van der Waals surface area contributed by atoms with Gasteiger partial charge in [0.15, 0.2) is 0 Å². The van der Waals surface area contributed by atoms with E-state index in [2.05, 4.69) is 5.32 Å². The number of anilines is 1. The van der Waals surface area contributed by atoms with Crippen LogP contribution >= 0.6 is 0 Å². The van der Waals surface area contributed by atoms with Gasteiger partial charge in [0.2, 0.25) is 0 Å². The van der Waals surface area contributed by atoms with Crippen molar-refractivity contribution in [2.45, 2.75) is 12.7 Å². The number of carbonyl (C=O) groups is 1. The molecule has 20 heavy (non-hydrogen) atoms. The van der Waals surface area contributed by atoms with Crippen LogP contribution in [-0.2, 0) is 6.54 Å². The number of rotatable bonds is 3. The fourth-order valence-electron chi connectivity index (χ4n) is 1.69. The van der Waals surface area contributed by atoms with Crippen LogP contribution in [0, 0.1) is 0 Å². The van der Waals surface area contributed by atoms with E-state index in [1.54, 1.807) is 0 Å². The molecule has 1 aromatic carbocycles. The lowest BCUT2D eigenvalue weighted by atomic mass is 10.3. The highest BCUT2D eigenvalue weighted by molar-refractivity contribution is 6.03. The lowest BCUT2D eigenvalue weighted by Crippen LogP contribution is -2.23. The maximum Gasteiger partial charge on any atom is 0.406 e. The second-order valence-corrected chi connectivity index (χ2v) is 4.14. The van der Waals surface area contributed by atoms with Crippen molar-refractivity contribution >= 4 is 11.6 Å². The Morgan fingerprint density at radius 3 is 2.45 bits per heavy atom. The average Bonchev–Trinajstić information content (AvgIpc) is 2.78. The lowest BCUT2D eigenvalue weighted by Gasteiger charge is -2.12. The van der Waals surface area contributed by atoms with Crippen LogP contribution in [0.1, 0.15) is 10.5 Å². The zero-order chi connectivity index (χ0) is 14.8. The van der Waals surface area contributed by atoms with Crippen LogP contribution in [0.4, 0.5) is 18.9 Å². The minimum atomic E-state index is -4.40. The molecule has 0 fully saturated rings. The number of hydrogen-bond acceptors (Lipinski definition) is 2. The number of hydrogen-bond donors (Lipinski definition) is 2. The predicted molar refractivity (Wildman–Crippen MR) is 66.5 cm³/mol. The van der Waals surface area contributed by atoms with Crippen LogP contribution in [0.3, 0.4) is 0 Å². The monoisotopic (exact) mass is 284 g/mol. The van der Waals surface area contributed by atoms with Crippen molar-refractivity contribution in [1.82, 2.24) is 4.57 Å². The molecule has 2 aromatic rings. The molecule has 0 saturated heterocycles. The minimum absolute atomic E-state index is 0.0310. The molecule has 4 nitrogen and oxygen atoms in total. The molecular weight excluding hydrogens is 273 g/mol. The number of phenolic OH excluding ortho intramolecular Hbond substituents is 1. The number of aromatic nitrogens is 1. The van der Waals surface area contributed by atoms with Crippen molar-refractivity contribution in [1.29, 1.82) is 0 Å². The smallest absolute Gasteiger partial charge is 0.406 e. The summed E-state index contributed by atoms with van der Waals surface area (Å²) < 4.78 is 37.9. The fraction of sp³-hybridized carbons (Fsp3) is 0.154. The highest BCUT2D eigenvalue weighted by Crippen LogP contribution is 2.20. The van der Waals surface area contributed by atoms with Gasteiger partial charge in [0.25, 0.3) is 5.91 Å². The van der Waals surface area contributed by atoms with Gasteiger partial charge in [-0.3, -0.25) is 4.79 Å². The van der Waals surface area contributed by atoms with Crippen LogP contribution < -0.4 is 5.32 Å². The third kappa shape index (κ3) is 3.53. The van der Waals surface area contributed by atoms with Crippen molar-refractivity contribution < 1.29 is 23.1 Å². The van der Waals surface area contributed by atoms with Crippen molar-refractivity contribution in [3.05, 3.63) is 48.3 Å². The van der Waals surface area contributed by atoms with Crippen LogP contribution in [-0.4, -0.2) is 21.8 Å². The molecule has 0 aliphatic carbocycles. The Balaban J connectivity index is 2.14. The van der Waals surface area contributed by atoms with Gasteiger partial charge in [-0.1, -0.05) is 0 Å². The molecule has 0 aliphatic heterocycles. The van der Waals surface area contributed by atoms with Gasteiger partial charge in [0.1, 0.15) is 18.0 Å². The topological polar surface area (TPSA) is 54.3 Å². The molecule has 2 rings (SSSR count). The van der Waals surface area contributed by atoms with E-state index in [0.29, 0.717) is 5.69 Å². The number of amides is 1. The van der Waals surface area contributed by atoms with E-state index < -0.39 is 18.6 Å². The number of carbonyl (C=O) groups excluding carboxylic acids is 1. The van der Waals surface area contributed by atoms with Gasteiger partial charge in [-0.2, -0.15) is 13.2 Å². The Bertz CT molecular complexity index is 603. The van der Waals surface area contributed by atoms with Crippen LogP contribution in [0.15, 0.2) is 42.6 Å². The van der Waals surface area contributed by atoms with Gasteiger partial charge in [-0.25, -0.2) is 0 Å². The molecule has 1 aromatic heterocycles. The summed E-state index contributed by atoms with van der Waals surface area (Å²) in [4.78, 5) is 11.9. The summed E-state index contributed by atoms with van der Waals surface area (Å²) in [5, 5.41) is 11.6. The van der Waals surface area contributed by atoms with Crippen molar-refractivity contribution in [2.75, 3.05) is 5.32 Å². The Morgan fingerprint density at radius 2 is 1.85 bits per heavy atom. The first-order valence-corrected chi connectivity index (χ1v) is 5.67. The minimum Gasteiger partial charge on any atom is -0.508 e. The summed E-state index contributed by atoms with van der Waals surface area (Å²) in [5.74, 6) is -0.617. The van der Waals surface area contributed by atoms with E-state index in [1.165, 1.54) is 42.6 Å². The third-order valence-corrected chi connectivity index (χ3v) is 2.54. The summed E-state index contributed by atoms with van der Waals surface area (Å²) in [6.45, 7) is -1.22. The van der Waals surface area contributed by atoms with Crippen molar-refractivity contribution in [2.24, 2.45) is 0 Å². The van der Waals surface area contributed by atoms with E-state index >= 15 is 0 Å².